The number of piperidine rings is 1. The van der Waals surface area contributed by atoms with Crippen molar-refractivity contribution < 1.29 is 9.53 Å². The fourth-order valence-electron chi connectivity index (χ4n) is 4.83. The van der Waals surface area contributed by atoms with Gasteiger partial charge in [-0.2, -0.15) is 0 Å². The average Bonchev–Trinajstić information content (AvgIpc) is 2.85. The fraction of sp³-hybridized carbons (Fsp3) is 0.522. The van der Waals surface area contributed by atoms with Gasteiger partial charge in [-0.15, -0.1) is 0 Å². The molecule has 0 spiro atoms. The summed E-state index contributed by atoms with van der Waals surface area (Å²) in [7, 11) is 0. The number of hydrogen-bond donors (Lipinski definition) is 0. The number of carbonyl (C=O) groups excluding carboxylic acids is 1. The summed E-state index contributed by atoms with van der Waals surface area (Å²) in [5.74, 6) is 2.18. The minimum absolute atomic E-state index is 0.0520. The van der Waals surface area contributed by atoms with E-state index in [-0.39, 0.29) is 11.8 Å². The smallest absolute Gasteiger partial charge is 0.226 e. The maximum Gasteiger partial charge on any atom is 0.226 e. The van der Waals surface area contributed by atoms with E-state index in [4.69, 9.17) is 27.9 Å². The predicted molar refractivity (Wildman–Crippen MR) is 126 cm³/mol. The Labute approximate surface area is 198 Å². The van der Waals surface area contributed by atoms with Gasteiger partial charge in [0, 0.05) is 51.3 Å². The first-order chi connectivity index (χ1) is 15.6. The summed E-state index contributed by atoms with van der Waals surface area (Å²) in [5.41, 5.74) is 2.30. The highest BCUT2D eigenvalue weighted by atomic mass is 35.5. The Morgan fingerprint density at radius 2 is 1.50 bits per heavy atom. The van der Waals surface area contributed by atoms with Crippen LogP contribution in [0.2, 0.25) is 10.0 Å². The molecule has 2 saturated heterocycles. The minimum Gasteiger partial charge on any atom is -0.378 e. The highest BCUT2D eigenvalue weighted by Crippen LogP contribution is 2.31. The summed E-state index contributed by atoms with van der Waals surface area (Å²) < 4.78 is 5.44. The number of hydrogen-bond acceptors (Lipinski definition) is 6. The number of rotatable bonds is 3. The van der Waals surface area contributed by atoms with Gasteiger partial charge in [-0.05, 0) is 42.5 Å². The van der Waals surface area contributed by atoms with Crippen LogP contribution in [0.1, 0.15) is 24.0 Å². The maximum atomic E-state index is 13.2. The van der Waals surface area contributed by atoms with Gasteiger partial charge >= 0.3 is 0 Å². The van der Waals surface area contributed by atoms with Gasteiger partial charge in [0.25, 0.3) is 0 Å². The number of halogens is 2. The van der Waals surface area contributed by atoms with Crippen molar-refractivity contribution in [2.75, 3.05) is 55.7 Å². The quantitative estimate of drug-likeness (QED) is 0.677. The van der Waals surface area contributed by atoms with Gasteiger partial charge in [0.2, 0.25) is 5.91 Å². The number of anilines is 2. The Morgan fingerprint density at radius 1 is 0.875 bits per heavy atom. The average molecular weight is 476 g/mol. The monoisotopic (exact) mass is 475 g/mol. The number of amides is 1. The van der Waals surface area contributed by atoms with Crippen molar-refractivity contribution in [2.45, 2.75) is 25.8 Å². The van der Waals surface area contributed by atoms with Gasteiger partial charge in [0.1, 0.15) is 18.0 Å². The van der Waals surface area contributed by atoms with Crippen molar-refractivity contribution >= 4 is 40.7 Å². The first kappa shape index (κ1) is 21.7. The number of fused-ring (bicyclic) bond motifs is 1. The first-order valence-corrected chi connectivity index (χ1v) is 12.0. The van der Waals surface area contributed by atoms with Gasteiger partial charge in [0.15, 0.2) is 0 Å². The van der Waals surface area contributed by atoms with Crippen LogP contribution >= 0.6 is 23.2 Å². The van der Waals surface area contributed by atoms with Crippen LogP contribution in [0, 0.1) is 5.92 Å². The molecule has 7 nitrogen and oxygen atoms in total. The summed E-state index contributed by atoms with van der Waals surface area (Å²) in [4.78, 5) is 28.6. The first-order valence-electron chi connectivity index (χ1n) is 11.2. The van der Waals surface area contributed by atoms with Gasteiger partial charge in [-0.25, -0.2) is 9.97 Å². The summed E-state index contributed by atoms with van der Waals surface area (Å²) in [6.45, 7) is 6.15. The second-order valence-corrected chi connectivity index (χ2v) is 9.45. The van der Waals surface area contributed by atoms with Crippen LogP contribution in [0.15, 0.2) is 24.5 Å². The molecule has 0 radical (unpaired) electrons. The van der Waals surface area contributed by atoms with Crippen LogP contribution in [-0.2, 0) is 22.5 Å². The van der Waals surface area contributed by atoms with Gasteiger partial charge < -0.3 is 19.4 Å². The van der Waals surface area contributed by atoms with E-state index in [1.54, 1.807) is 6.33 Å². The standard InChI is InChI=1S/C23H27Cl2N5O2/c24-19-11-17-3-6-30(14-18(17)12-20(19)25)23(31)16-1-4-28(5-2-16)21-13-22(27-15-26-21)29-7-9-32-10-8-29/h11-13,15-16H,1-10,14H2. The fourth-order valence-corrected chi connectivity index (χ4v) is 5.20. The lowest BCUT2D eigenvalue weighted by Gasteiger charge is -2.37. The molecule has 0 saturated carbocycles. The summed E-state index contributed by atoms with van der Waals surface area (Å²) >= 11 is 12.3. The zero-order chi connectivity index (χ0) is 22.1. The van der Waals surface area contributed by atoms with E-state index >= 15 is 0 Å². The molecule has 1 aromatic heterocycles. The predicted octanol–water partition coefficient (Wildman–Crippen LogP) is 3.42. The molecule has 32 heavy (non-hydrogen) atoms. The van der Waals surface area contributed by atoms with Crippen molar-refractivity contribution in [3.05, 3.63) is 45.7 Å². The van der Waals surface area contributed by atoms with Crippen molar-refractivity contribution in [1.29, 1.82) is 0 Å². The van der Waals surface area contributed by atoms with Gasteiger partial charge in [-0.3, -0.25) is 4.79 Å². The summed E-state index contributed by atoms with van der Waals surface area (Å²) in [5, 5.41) is 1.13. The zero-order valence-electron chi connectivity index (χ0n) is 18.0. The molecule has 1 aromatic carbocycles. The Kier molecular flexibility index (Phi) is 6.40. The van der Waals surface area contributed by atoms with E-state index in [9.17, 15) is 4.79 Å². The highest BCUT2D eigenvalue weighted by molar-refractivity contribution is 6.42. The van der Waals surface area contributed by atoms with Crippen LogP contribution in [0.25, 0.3) is 0 Å². The number of nitrogens with zero attached hydrogens (tertiary/aromatic N) is 5. The van der Waals surface area contributed by atoms with E-state index in [2.05, 4.69) is 25.8 Å². The Balaban J connectivity index is 1.19. The SMILES string of the molecule is O=C(C1CCN(c2cc(N3CCOCC3)ncn2)CC1)N1CCc2cc(Cl)c(Cl)cc2C1. The molecule has 0 unspecified atom stereocenters. The molecular weight excluding hydrogens is 449 g/mol. The van der Waals surface area contributed by atoms with Crippen molar-refractivity contribution in [3.8, 4) is 0 Å². The number of aromatic nitrogens is 2. The molecule has 170 valence electrons. The second kappa shape index (κ2) is 9.41. The molecule has 4 heterocycles. The van der Waals surface area contributed by atoms with Crippen LogP contribution in [0.3, 0.4) is 0 Å². The highest BCUT2D eigenvalue weighted by Gasteiger charge is 2.31. The third-order valence-electron chi connectivity index (χ3n) is 6.71. The van der Waals surface area contributed by atoms with E-state index in [1.165, 1.54) is 5.56 Å². The molecular formula is C23H27Cl2N5O2. The van der Waals surface area contributed by atoms with E-state index in [0.29, 0.717) is 16.6 Å². The molecule has 1 amide bonds. The minimum atomic E-state index is 0.0520. The molecule has 3 aliphatic heterocycles. The molecule has 0 N–H and O–H groups in total. The van der Waals surface area contributed by atoms with Gasteiger partial charge in [0.05, 0.1) is 23.3 Å². The van der Waals surface area contributed by atoms with Crippen molar-refractivity contribution in [1.82, 2.24) is 14.9 Å². The van der Waals surface area contributed by atoms with Crippen LogP contribution in [0.4, 0.5) is 11.6 Å². The summed E-state index contributed by atoms with van der Waals surface area (Å²) in [6.07, 6.45) is 4.13. The largest absolute Gasteiger partial charge is 0.378 e. The third kappa shape index (κ3) is 4.51. The molecule has 5 rings (SSSR count). The van der Waals surface area contributed by atoms with Crippen molar-refractivity contribution in [3.63, 3.8) is 0 Å². The normalized spacial score (nSPS) is 19.8. The molecule has 2 aromatic rings. The third-order valence-corrected chi connectivity index (χ3v) is 7.43. The summed E-state index contributed by atoms with van der Waals surface area (Å²) in [6, 6.07) is 5.90. The topological polar surface area (TPSA) is 61.8 Å². The Hall–Kier alpha value is -2.09. The lowest BCUT2D eigenvalue weighted by atomic mass is 9.93. The zero-order valence-corrected chi connectivity index (χ0v) is 19.5. The lowest BCUT2D eigenvalue weighted by molar-refractivity contribution is -0.137. The van der Waals surface area contributed by atoms with Crippen LogP contribution in [0.5, 0.6) is 0 Å². The number of benzene rings is 1. The lowest BCUT2D eigenvalue weighted by Crippen LogP contribution is -2.44. The van der Waals surface area contributed by atoms with Crippen LogP contribution in [-0.4, -0.2) is 66.7 Å². The number of carbonyl (C=O) groups is 1. The number of morpholine rings is 1. The van der Waals surface area contributed by atoms with E-state index in [0.717, 1.165) is 82.4 Å². The van der Waals surface area contributed by atoms with Crippen molar-refractivity contribution in [2.24, 2.45) is 5.92 Å². The van der Waals surface area contributed by atoms with E-state index in [1.807, 2.05) is 17.0 Å². The second-order valence-electron chi connectivity index (χ2n) is 8.64. The maximum absolute atomic E-state index is 13.2. The molecule has 3 aliphatic rings. The molecule has 0 aliphatic carbocycles. The Morgan fingerprint density at radius 3 is 2.19 bits per heavy atom. The van der Waals surface area contributed by atoms with E-state index < -0.39 is 0 Å². The Bertz CT molecular complexity index is 990. The van der Waals surface area contributed by atoms with Crippen LogP contribution < -0.4 is 9.80 Å². The van der Waals surface area contributed by atoms with Gasteiger partial charge in [-0.1, -0.05) is 23.2 Å². The molecule has 0 atom stereocenters. The number of ether oxygens (including phenoxy) is 1. The molecule has 9 heteroatoms. The molecule has 2 fully saturated rings. The molecule has 0 bridgehead atoms.